The van der Waals surface area contributed by atoms with Gasteiger partial charge in [-0.1, -0.05) is 0 Å². The molecule has 0 heterocycles. The first kappa shape index (κ1) is 10.5. The topological polar surface area (TPSA) is 89.4 Å². The first-order chi connectivity index (χ1) is 2.00. The molecule has 0 fully saturated rings. The van der Waals surface area contributed by atoms with Gasteiger partial charge in [0.1, 0.15) is 0 Å². The zero-order chi connectivity index (χ0) is 4.50. The fourth-order valence-electron chi connectivity index (χ4n) is 0. The van der Waals surface area contributed by atoms with Gasteiger partial charge in [0.2, 0.25) is 0 Å². The smallest absolute Gasteiger partial charge is 0.183 e. The summed E-state index contributed by atoms with van der Waals surface area (Å²) in [5, 5.41) is 0. The Balaban J connectivity index is 0. The molecule has 1 N–H and O–H groups in total. The summed E-state index contributed by atoms with van der Waals surface area (Å²) >= 11 is 0. The molecule has 0 aliphatic carbocycles. The van der Waals surface area contributed by atoms with Gasteiger partial charge in [0, 0.05) is 0 Å². The van der Waals surface area contributed by atoms with E-state index < -0.39 is 10.2 Å². The summed E-state index contributed by atoms with van der Waals surface area (Å²) in [6.07, 6.45) is 0. The average molecular weight is 241 g/mol. The van der Waals surface area contributed by atoms with Gasteiger partial charge in [0.25, 0.3) is 0 Å². The third-order valence-corrected chi connectivity index (χ3v) is 0. The summed E-state index contributed by atoms with van der Waals surface area (Å²) in [7, 11) is -4.69. The van der Waals surface area contributed by atoms with Crippen molar-refractivity contribution in [3.63, 3.8) is 0 Å². The molecule has 0 aliphatic heterocycles. The minimum Gasteiger partial charge on any atom is -0.183 e. The Bertz CT molecular complexity index is 23.0. The van der Waals surface area contributed by atoms with E-state index in [1.807, 2.05) is 0 Å². The molecule has 0 unspecified atom stereocenters. The van der Waals surface area contributed by atoms with Gasteiger partial charge in [-0.25, -0.2) is 0 Å². The summed E-state index contributed by atoms with van der Waals surface area (Å²) in [5.41, 5.74) is 0. The molecule has 0 aromatic carbocycles. The van der Waals surface area contributed by atoms with Crippen LogP contribution in [-0.2, 0) is 0 Å². The van der Waals surface area contributed by atoms with Gasteiger partial charge >= 0.3 is 41.7 Å². The van der Waals surface area contributed by atoms with Crippen LogP contribution in [0.2, 0.25) is 0 Å². The third kappa shape index (κ3) is 49.3. The van der Waals surface area contributed by atoms with Gasteiger partial charge in [0.05, 0.1) is 14.9 Å². The molecule has 0 bridgehead atoms. The van der Waals surface area contributed by atoms with E-state index in [0.717, 1.165) is 0 Å². The Morgan fingerprint density at radius 3 is 1.17 bits per heavy atom. The second-order valence-corrected chi connectivity index (χ2v) is 1.19. The number of halogens is 1. The van der Waals surface area contributed by atoms with E-state index in [0.29, 0.717) is 0 Å². The molecule has 0 rings (SSSR count). The van der Waals surface area contributed by atoms with Crippen molar-refractivity contribution in [1.29, 1.82) is 0 Å². The van der Waals surface area contributed by atoms with Gasteiger partial charge in [-0.05, 0) is 0 Å². The SMILES string of the molecule is [Ce+3].[O-][Cl+3]([O-])([O-])O. The number of hydrogen-bond acceptors (Lipinski definition) is 4. The van der Waals surface area contributed by atoms with Crippen LogP contribution in [0, 0.1) is 52.0 Å². The van der Waals surface area contributed by atoms with Gasteiger partial charge < -0.3 is 0 Å². The van der Waals surface area contributed by atoms with E-state index in [2.05, 4.69) is 0 Å². The van der Waals surface area contributed by atoms with Gasteiger partial charge in [-0.3, -0.25) is 0 Å². The van der Waals surface area contributed by atoms with Crippen LogP contribution in [0.4, 0.5) is 0 Å². The van der Waals surface area contributed by atoms with Crippen molar-refractivity contribution in [3.8, 4) is 0 Å². The van der Waals surface area contributed by atoms with Crippen LogP contribution in [0.1, 0.15) is 0 Å². The van der Waals surface area contributed by atoms with Gasteiger partial charge in [-0.15, -0.1) is 0 Å². The maximum absolute atomic E-state index is 8.60. The molecule has 0 aromatic heterocycles. The van der Waals surface area contributed by atoms with E-state index in [-0.39, 0.29) is 41.7 Å². The number of hydrogen-bond donors (Lipinski definition) is 1. The molecule has 0 saturated heterocycles. The molecule has 6 heteroatoms. The molecule has 0 amide bonds. The molecule has 1 radical (unpaired) electrons. The van der Waals surface area contributed by atoms with Crippen molar-refractivity contribution in [1.82, 2.24) is 0 Å². The molecule has 0 aliphatic rings. The standard InChI is InChI=1S/Ce.ClHO4/c;2-1(3,4)5/h;(H,2,3,4,5)/q+3;. The van der Waals surface area contributed by atoms with Crippen LogP contribution in [0.3, 0.4) is 0 Å². The van der Waals surface area contributed by atoms with Crippen LogP contribution in [-0.4, -0.2) is 4.66 Å². The minimum absolute atomic E-state index is 0. The van der Waals surface area contributed by atoms with Crippen molar-refractivity contribution in [3.05, 3.63) is 0 Å². The molecule has 6 heavy (non-hydrogen) atoms. The van der Waals surface area contributed by atoms with Crippen molar-refractivity contribution in [2.24, 2.45) is 0 Å². The Morgan fingerprint density at radius 2 is 1.17 bits per heavy atom. The first-order valence-electron chi connectivity index (χ1n) is 0.632. The first-order valence-corrected chi connectivity index (χ1v) is 1.90. The summed E-state index contributed by atoms with van der Waals surface area (Å²) in [6.45, 7) is 0. The van der Waals surface area contributed by atoms with Crippen LogP contribution >= 0.6 is 0 Å². The largest absolute Gasteiger partial charge is 3.00 e. The maximum Gasteiger partial charge on any atom is 3.00 e. The molecule has 0 spiro atoms. The zero-order valence-corrected chi connectivity index (χ0v) is 6.45. The van der Waals surface area contributed by atoms with Crippen molar-refractivity contribution < 1.29 is 70.6 Å². The van der Waals surface area contributed by atoms with E-state index in [1.165, 1.54) is 0 Å². The van der Waals surface area contributed by atoms with Crippen molar-refractivity contribution in [2.75, 3.05) is 0 Å². The Kier molecular flexibility index (Phi) is 6.12. The van der Waals surface area contributed by atoms with Crippen LogP contribution in [0.5, 0.6) is 0 Å². The fourth-order valence-corrected chi connectivity index (χ4v) is 0. The molecule has 0 aromatic rings. The molecular formula is HCeClO4+3. The maximum atomic E-state index is 8.60. The van der Waals surface area contributed by atoms with E-state index in [4.69, 9.17) is 18.6 Å². The Labute approximate surface area is 69.9 Å². The molecule has 33 valence electrons. The normalized spacial score (nSPS) is 10.0. The Morgan fingerprint density at radius 1 is 1.17 bits per heavy atom. The van der Waals surface area contributed by atoms with E-state index >= 15 is 0 Å². The Hall–Kier alpha value is 1.51. The summed E-state index contributed by atoms with van der Waals surface area (Å²) < 4.78 is 32.7. The summed E-state index contributed by atoms with van der Waals surface area (Å²) in [5.74, 6) is 0. The van der Waals surface area contributed by atoms with E-state index in [9.17, 15) is 0 Å². The zero-order valence-electron chi connectivity index (χ0n) is 2.55. The number of rotatable bonds is 0. The van der Waals surface area contributed by atoms with Crippen molar-refractivity contribution >= 4 is 0 Å². The molecular weight excluding hydrogens is 240 g/mol. The molecule has 0 atom stereocenters. The van der Waals surface area contributed by atoms with Gasteiger partial charge in [-0.2, -0.15) is 14.0 Å². The second-order valence-electron chi connectivity index (χ2n) is 0.396. The van der Waals surface area contributed by atoms with Gasteiger partial charge in [0.15, 0.2) is 0 Å². The van der Waals surface area contributed by atoms with Crippen LogP contribution in [0.15, 0.2) is 0 Å². The fraction of sp³-hybridized carbons (Fsp3) is 0. The molecule has 4 nitrogen and oxygen atoms in total. The van der Waals surface area contributed by atoms with Crippen LogP contribution in [0.25, 0.3) is 0 Å². The predicted molar refractivity (Wildman–Crippen MR) is 2.22 cm³/mol. The minimum atomic E-state index is -4.69. The molecule has 0 saturated carbocycles. The quantitative estimate of drug-likeness (QED) is 0.466. The summed E-state index contributed by atoms with van der Waals surface area (Å²) in [4.78, 5) is 0. The monoisotopic (exact) mass is 240 g/mol. The van der Waals surface area contributed by atoms with Crippen molar-refractivity contribution in [2.45, 2.75) is 0 Å². The van der Waals surface area contributed by atoms with Crippen LogP contribution < -0.4 is 14.0 Å². The second kappa shape index (κ2) is 3.50. The third-order valence-electron chi connectivity index (χ3n) is 0. The average Bonchev–Trinajstić information content (AvgIpc) is 0.722. The van der Waals surface area contributed by atoms with E-state index in [1.54, 1.807) is 0 Å². The predicted octanol–water partition coefficient (Wildman–Crippen LogP) is -4.12. The summed E-state index contributed by atoms with van der Waals surface area (Å²) in [6, 6.07) is 0.